The van der Waals surface area contributed by atoms with E-state index in [4.69, 9.17) is 0 Å². The van der Waals surface area contributed by atoms with Gasteiger partial charge in [-0.25, -0.2) is 18.1 Å². The van der Waals surface area contributed by atoms with E-state index in [2.05, 4.69) is 14.6 Å². The van der Waals surface area contributed by atoms with E-state index < -0.39 is 20.5 Å². The van der Waals surface area contributed by atoms with Gasteiger partial charge in [0, 0.05) is 55.6 Å². The monoisotopic (exact) mass is 420 g/mol. The topological polar surface area (TPSA) is 110 Å². The summed E-state index contributed by atoms with van der Waals surface area (Å²) >= 11 is 0. The van der Waals surface area contributed by atoms with Gasteiger partial charge in [0.1, 0.15) is 5.69 Å². The Morgan fingerprint density at radius 2 is 1.62 bits per heavy atom. The lowest BCUT2D eigenvalue weighted by Crippen LogP contribution is -2.46. The van der Waals surface area contributed by atoms with Gasteiger partial charge in [0.25, 0.3) is 5.69 Å². The molecule has 2 heterocycles. The molecule has 1 saturated heterocycles. The number of nitro benzene ring substituents is 1. The van der Waals surface area contributed by atoms with Crippen LogP contribution in [-0.4, -0.2) is 45.1 Å². The predicted molar refractivity (Wildman–Crippen MR) is 111 cm³/mol. The highest BCUT2D eigenvalue weighted by molar-refractivity contribution is 7.89. The number of H-pyrrole nitrogens is 1. The molecule has 1 aliphatic heterocycles. The van der Waals surface area contributed by atoms with Crippen molar-refractivity contribution < 1.29 is 18.3 Å². The van der Waals surface area contributed by atoms with Crippen molar-refractivity contribution >= 4 is 27.1 Å². The summed E-state index contributed by atoms with van der Waals surface area (Å²) < 4.78 is 27.6. The molecule has 0 radical (unpaired) electrons. The number of sulfonamides is 1. The molecule has 3 rings (SSSR count). The van der Waals surface area contributed by atoms with Gasteiger partial charge in [-0.05, 0) is 32.9 Å². The molecule has 1 aromatic carbocycles. The van der Waals surface area contributed by atoms with Crippen molar-refractivity contribution in [3.63, 3.8) is 0 Å². The number of benzene rings is 1. The summed E-state index contributed by atoms with van der Waals surface area (Å²) in [6.07, 6.45) is 3.72. The van der Waals surface area contributed by atoms with Crippen LogP contribution in [0.1, 0.15) is 20.8 Å². The minimum atomic E-state index is -3.85. The molecule has 29 heavy (non-hydrogen) atoms. The Morgan fingerprint density at radius 3 is 2.17 bits per heavy atom. The fraction of sp³-hybridized carbons (Fsp3) is 0.421. The van der Waals surface area contributed by atoms with Crippen LogP contribution in [0.3, 0.4) is 0 Å². The molecule has 10 heteroatoms. The molecule has 0 unspecified atom stereocenters. The molecule has 1 fully saturated rings. The van der Waals surface area contributed by atoms with Crippen molar-refractivity contribution in [2.45, 2.75) is 31.2 Å². The minimum absolute atomic E-state index is 0.109. The van der Waals surface area contributed by atoms with Crippen LogP contribution < -0.4 is 19.5 Å². The van der Waals surface area contributed by atoms with E-state index in [-0.39, 0.29) is 10.6 Å². The summed E-state index contributed by atoms with van der Waals surface area (Å²) in [4.78, 5) is 18.2. The molecule has 2 aromatic rings. The SMILES string of the molecule is CC(C)(C)NS(=O)(=O)c1ccc(N2CCN(c3cc[nH+]cc3)CC2)c([N+](=O)[O-])c1. The van der Waals surface area contributed by atoms with Crippen LogP contribution in [0, 0.1) is 10.1 Å². The van der Waals surface area contributed by atoms with Gasteiger partial charge in [0.05, 0.1) is 9.82 Å². The maximum absolute atomic E-state index is 12.6. The van der Waals surface area contributed by atoms with E-state index >= 15 is 0 Å². The molecular weight excluding hydrogens is 394 g/mol. The molecular formula is C19H26N5O4S+. The Balaban J connectivity index is 1.83. The number of rotatable bonds is 5. The molecule has 2 N–H and O–H groups in total. The third-order valence-corrected chi connectivity index (χ3v) is 6.34. The van der Waals surface area contributed by atoms with E-state index in [0.717, 1.165) is 11.8 Å². The van der Waals surface area contributed by atoms with Gasteiger partial charge in [-0.3, -0.25) is 10.1 Å². The van der Waals surface area contributed by atoms with E-state index in [1.54, 1.807) is 20.8 Å². The molecule has 0 atom stereocenters. The second-order valence-corrected chi connectivity index (χ2v) is 9.68. The fourth-order valence-electron chi connectivity index (χ4n) is 3.34. The summed E-state index contributed by atoms with van der Waals surface area (Å²) in [5.41, 5.74) is 0.639. The Hall–Kier alpha value is -2.72. The number of hydrogen-bond acceptors (Lipinski definition) is 6. The smallest absolute Gasteiger partial charge is 0.293 e. The summed E-state index contributed by atoms with van der Waals surface area (Å²) in [6, 6.07) is 8.07. The van der Waals surface area contributed by atoms with Crippen LogP contribution in [-0.2, 0) is 10.0 Å². The summed E-state index contributed by atoms with van der Waals surface area (Å²) in [5, 5.41) is 11.7. The van der Waals surface area contributed by atoms with Gasteiger partial charge < -0.3 is 9.80 Å². The number of pyridine rings is 1. The number of nitrogens with zero attached hydrogens (tertiary/aromatic N) is 3. The lowest BCUT2D eigenvalue weighted by atomic mass is 10.1. The first-order chi connectivity index (χ1) is 13.6. The van der Waals surface area contributed by atoms with E-state index in [1.165, 1.54) is 12.1 Å². The number of piperazine rings is 1. The van der Waals surface area contributed by atoms with Gasteiger partial charge in [-0.2, -0.15) is 0 Å². The standard InChI is InChI=1S/C19H25N5O4S/c1-19(2,3)21-29(27,28)16-4-5-17(18(14-16)24(25)26)23-12-10-22(11-13-23)15-6-8-20-9-7-15/h4-9,14,21H,10-13H2,1-3H3/p+1. The molecule has 0 bridgehead atoms. The molecule has 0 aliphatic carbocycles. The average Bonchev–Trinajstić information content (AvgIpc) is 2.66. The molecule has 0 amide bonds. The first kappa shape index (κ1) is 21.0. The largest absolute Gasteiger partial charge is 0.368 e. The lowest BCUT2D eigenvalue weighted by molar-refractivity contribution is -0.384. The zero-order valence-corrected chi connectivity index (χ0v) is 17.6. The highest BCUT2D eigenvalue weighted by Crippen LogP contribution is 2.32. The number of anilines is 2. The van der Waals surface area contributed by atoms with Crippen LogP contribution in [0.15, 0.2) is 47.6 Å². The Kier molecular flexibility index (Phi) is 5.76. The molecule has 156 valence electrons. The van der Waals surface area contributed by atoms with Crippen molar-refractivity contribution in [1.29, 1.82) is 0 Å². The first-order valence-electron chi connectivity index (χ1n) is 9.35. The number of aromatic nitrogens is 1. The van der Waals surface area contributed by atoms with Crippen LogP contribution in [0.4, 0.5) is 17.1 Å². The van der Waals surface area contributed by atoms with E-state index in [1.807, 2.05) is 29.4 Å². The fourth-order valence-corrected chi connectivity index (χ4v) is 4.78. The Labute approximate surface area is 170 Å². The van der Waals surface area contributed by atoms with Crippen molar-refractivity contribution in [3.05, 3.63) is 52.8 Å². The quantitative estimate of drug-likeness (QED) is 0.584. The van der Waals surface area contributed by atoms with Gasteiger partial charge >= 0.3 is 0 Å². The lowest BCUT2D eigenvalue weighted by Gasteiger charge is -2.36. The number of nitro groups is 1. The molecule has 1 aliphatic rings. The Morgan fingerprint density at radius 1 is 1.03 bits per heavy atom. The van der Waals surface area contributed by atoms with Crippen LogP contribution in [0.5, 0.6) is 0 Å². The van der Waals surface area contributed by atoms with Crippen molar-refractivity contribution in [1.82, 2.24) is 4.72 Å². The minimum Gasteiger partial charge on any atom is -0.368 e. The highest BCUT2D eigenvalue weighted by Gasteiger charge is 2.28. The van der Waals surface area contributed by atoms with Gasteiger partial charge in [-0.15, -0.1) is 0 Å². The molecule has 0 spiro atoms. The zero-order chi connectivity index (χ0) is 21.2. The van der Waals surface area contributed by atoms with Crippen LogP contribution >= 0.6 is 0 Å². The average molecular weight is 421 g/mol. The van der Waals surface area contributed by atoms with Crippen LogP contribution in [0.25, 0.3) is 0 Å². The van der Waals surface area contributed by atoms with Crippen molar-refractivity contribution in [2.75, 3.05) is 36.0 Å². The zero-order valence-electron chi connectivity index (χ0n) is 16.8. The van der Waals surface area contributed by atoms with Crippen molar-refractivity contribution in [3.8, 4) is 0 Å². The third kappa shape index (κ3) is 5.01. The second-order valence-electron chi connectivity index (χ2n) is 8.00. The second kappa shape index (κ2) is 7.96. The summed E-state index contributed by atoms with van der Waals surface area (Å²) in [7, 11) is -3.85. The highest BCUT2D eigenvalue weighted by atomic mass is 32.2. The number of aromatic amines is 1. The van der Waals surface area contributed by atoms with E-state index in [9.17, 15) is 18.5 Å². The predicted octanol–water partition coefficient (Wildman–Crippen LogP) is 1.81. The Bertz CT molecular complexity index is 981. The number of nitrogens with one attached hydrogen (secondary N) is 2. The summed E-state index contributed by atoms with van der Waals surface area (Å²) in [6.45, 7) is 7.80. The maximum Gasteiger partial charge on any atom is 0.293 e. The van der Waals surface area contributed by atoms with Gasteiger partial charge in [-0.1, -0.05) is 0 Å². The third-order valence-electron chi connectivity index (χ3n) is 4.58. The van der Waals surface area contributed by atoms with Crippen LogP contribution in [0.2, 0.25) is 0 Å². The van der Waals surface area contributed by atoms with Gasteiger partial charge in [0.2, 0.25) is 10.0 Å². The molecule has 9 nitrogen and oxygen atoms in total. The maximum atomic E-state index is 12.6. The first-order valence-corrected chi connectivity index (χ1v) is 10.8. The van der Waals surface area contributed by atoms with Crippen molar-refractivity contribution in [2.24, 2.45) is 0 Å². The number of hydrogen-bond donors (Lipinski definition) is 1. The van der Waals surface area contributed by atoms with Gasteiger partial charge in [0.15, 0.2) is 12.4 Å². The summed E-state index contributed by atoms with van der Waals surface area (Å²) in [5.74, 6) is 0. The molecule has 0 saturated carbocycles. The molecule has 1 aromatic heterocycles. The normalized spacial score (nSPS) is 15.4. The van der Waals surface area contributed by atoms with E-state index in [0.29, 0.717) is 31.9 Å².